The molecule has 1 aliphatic rings. The number of hydrogen-bond donors (Lipinski definition) is 1. The molecule has 0 aromatic carbocycles. The van der Waals surface area contributed by atoms with Gasteiger partial charge in [-0.3, -0.25) is 9.59 Å². The molecule has 2 N–H and O–H groups in total. The summed E-state index contributed by atoms with van der Waals surface area (Å²) >= 11 is 1.53. The fourth-order valence-corrected chi connectivity index (χ4v) is 3.05. The van der Waals surface area contributed by atoms with Crippen LogP contribution in [-0.2, 0) is 4.79 Å². The van der Waals surface area contributed by atoms with E-state index in [0.717, 1.165) is 9.88 Å². The molecule has 1 saturated heterocycles. The monoisotopic (exact) mass is 267 g/mol. The Bertz CT molecular complexity index is 476. The third kappa shape index (κ3) is 2.53. The second-order valence-electron chi connectivity index (χ2n) is 4.61. The number of hydrogen-bond acceptors (Lipinski definition) is 4. The lowest BCUT2D eigenvalue weighted by Crippen LogP contribution is -2.42. The summed E-state index contributed by atoms with van der Waals surface area (Å²) < 4.78 is 0. The lowest BCUT2D eigenvalue weighted by Gasteiger charge is -2.30. The number of primary amides is 1. The molecule has 0 unspecified atom stereocenters. The maximum absolute atomic E-state index is 12.3. The Morgan fingerprint density at radius 2 is 1.94 bits per heavy atom. The van der Waals surface area contributed by atoms with Crippen molar-refractivity contribution in [2.24, 2.45) is 11.7 Å². The number of carbonyl (C=O) groups is 2. The fraction of sp³-hybridized carbons (Fsp3) is 0.583. The standard InChI is InChI=1S/C12H17N3O2S/c1-7-10(14-8(2)18-7)12(17)15-5-3-9(4-6-15)11(13)16/h9H,3-6H2,1-2H3,(H2,13,16). The number of piperidine rings is 1. The van der Waals surface area contributed by atoms with Gasteiger partial charge in [0.1, 0.15) is 5.69 Å². The maximum Gasteiger partial charge on any atom is 0.273 e. The van der Waals surface area contributed by atoms with Crippen LogP contribution in [0.1, 0.15) is 33.2 Å². The third-order valence-corrected chi connectivity index (χ3v) is 4.18. The van der Waals surface area contributed by atoms with Crippen molar-refractivity contribution in [3.8, 4) is 0 Å². The molecule has 0 atom stereocenters. The van der Waals surface area contributed by atoms with Gasteiger partial charge in [0.15, 0.2) is 0 Å². The molecule has 98 valence electrons. The van der Waals surface area contributed by atoms with E-state index in [1.807, 2.05) is 13.8 Å². The Labute approximate surface area is 110 Å². The fourth-order valence-electron chi connectivity index (χ4n) is 2.24. The molecular weight excluding hydrogens is 250 g/mol. The summed E-state index contributed by atoms with van der Waals surface area (Å²) in [7, 11) is 0. The van der Waals surface area contributed by atoms with Crippen LogP contribution in [0.2, 0.25) is 0 Å². The van der Waals surface area contributed by atoms with Gasteiger partial charge in [0.2, 0.25) is 5.91 Å². The first-order valence-corrected chi connectivity index (χ1v) is 6.83. The number of rotatable bonds is 2. The van der Waals surface area contributed by atoms with E-state index in [0.29, 0.717) is 31.6 Å². The average Bonchev–Trinajstić information content (AvgIpc) is 2.67. The van der Waals surface area contributed by atoms with Gasteiger partial charge in [-0.2, -0.15) is 0 Å². The summed E-state index contributed by atoms with van der Waals surface area (Å²) in [5, 5.41) is 0.905. The van der Waals surface area contributed by atoms with Crippen LogP contribution in [0, 0.1) is 19.8 Å². The van der Waals surface area contributed by atoms with Gasteiger partial charge in [0.25, 0.3) is 5.91 Å². The summed E-state index contributed by atoms with van der Waals surface area (Å²) in [5.74, 6) is -0.380. The van der Waals surface area contributed by atoms with E-state index >= 15 is 0 Å². The van der Waals surface area contributed by atoms with Crippen molar-refractivity contribution >= 4 is 23.2 Å². The molecular formula is C12H17N3O2S. The van der Waals surface area contributed by atoms with E-state index in [2.05, 4.69) is 4.98 Å². The van der Waals surface area contributed by atoms with Crippen molar-refractivity contribution < 1.29 is 9.59 Å². The van der Waals surface area contributed by atoms with Gasteiger partial charge in [-0.05, 0) is 26.7 Å². The number of aromatic nitrogens is 1. The van der Waals surface area contributed by atoms with E-state index in [1.165, 1.54) is 11.3 Å². The molecule has 2 amide bonds. The molecule has 0 spiro atoms. The zero-order valence-corrected chi connectivity index (χ0v) is 11.4. The highest BCUT2D eigenvalue weighted by atomic mass is 32.1. The topological polar surface area (TPSA) is 76.3 Å². The van der Waals surface area contributed by atoms with Crippen LogP contribution in [0.3, 0.4) is 0 Å². The van der Waals surface area contributed by atoms with Crippen LogP contribution in [0.25, 0.3) is 0 Å². The second kappa shape index (κ2) is 5.06. The van der Waals surface area contributed by atoms with E-state index in [1.54, 1.807) is 4.90 Å². The van der Waals surface area contributed by atoms with Gasteiger partial charge in [-0.25, -0.2) is 4.98 Å². The molecule has 0 bridgehead atoms. The first kappa shape index (κ1) is 13.0. The summed E-state index contributed by atoms with van der Waals surface area (Å²) in [6.45, 7) is 4.98. The molecule has 0 radical (unpaired) electrons. The zero-order valence-electron chi connectivity index (χ0n) is 10.6. The zero-order chi connectivity index (χ0) is 13.3. The first-order chi connectivity index (χ1) is 8.49. The Morgan fingerprint density at radius 3 is 2.39 bits per heavy atom. The van der Waals surface area contributed by atoms with Crippen molar-refractivity contribution in [3.05, 3.63) is 15.6 Å². The van der Waals surface area contributed by atoms with Gasteiger partial charge < -0.3 is 10.6 Å². The summed E-state index contributed by atoms with van der Waals surface area (Å²) in [6, 6.07) is 0. The second-order valence-corrected chi connectivity index (χ2v) is 6.01. The number of likely N-dealkylation sites (tertiary alicyclic amines) is 1. The first-order valence-electron chi connectivity index (χ1n) is 6.01. The highest BCUT2D eigenvalue weighted by Gasteiger charge is 2.28. The minimum atomic E-state index is -0.261. The summed E-state index contributed by atoms with van der Waals surface area (Å²) in [4.78, 5) is 30.3. The number of carbonyl (C=O) groups excluding carboxylic acids is 2. The number of nitrogens with zero attached hydrogens (tertiary/aromatic N) is 2. The Kier molecular flexibility index (Phi) is 3.65. The van der Waals surface area contributed by atoms with Crippen LogP contribution in [0.4, 0.5) is 0 Å². The van der Waals surface area contributed by atoms with Crippen LogP contribution in [0.15, 0.2) is 0 Å². The van der Waals surface area contributed by atoms with Crippen molar-refractivity contribution in [1.29, 1.82) is 0 Å². The molecule has 1 aromatic heterocycles. The van der Waals surface area contributed by atoms with E-state index < -0.39 is 0 Å². The lowest BCUT2D eigenvalue weighted by atomic mass is 9.96. The maximum atomic E-state index is 12.3. The largest absolute Gasteiger partial charge is 0.369 e. The minimum absolute atomic E-state index is 0.0280. The lowest BCUT2D eigenvalue weighted by molar-refractivity contribution is -0.123. The van der Waals surface area contributed by atoms with Gasteiger partial charge in [0.05, 0.1) is 5.01 Å². The van der Waals surface area contributed by atoms with Gasteiger partial charge in [-0.1, -0.05) is 0 Å². The Balaban J connectivity index is 2.04. The Morgan fingerprint density at radius 1 is 1.33 bits per heavy atom. The number of thiazole rings is 1. The molecule has 1 aliphatic heterocycles. The normalized spacial score (nSPS) is 16.9. The van der Waals surface area contributed by atoms with Crippen molar-refractivity contribution in [2.45, 2.75) is 26.7 Å². The number of aryl methyl sites for hydroxylation is 2. The molecule has 0 saturated carbocycles. The SMILES string of the molecule is Cc1nc(C(=O)N2CCC(C(N)=O)CC2)c(C)s1. The third-order valence-electron chi connectivity index (χ3n) is 3.29. The predicted octanol–water partition coefficient (Wildman–Crippen LogP) is 1.10. The highest BCUT2D eigenvalue weighted by Crippen LogP contribution is 2.22. The minimum Gasteiger partial charge on any atom is -0.369 e. The van der Waals surface area contributed by atoms with Crippen LogP contribution in [-0.4, -0.2) is 34.8 Å². The van der Waals surface area contributed by atoms with Crippen LogP contribution < -0.4 is 5.73 Å². The summed E-state index contributed by atoms with van der Waals surface area (Å²) in [6.07, 6.45) is 1.31. The Hall–Kier alpha value is -1.43. The number of nitrogens with two attached hydrogens (primary N) is 1. The van der Waals surface area contributed by atoms with Crippen molar-refractivity contribution in [1.82, 2.24) is 9.88 Å². The predicted molar refractivity (Wildman–Crippen MR) is 69.4 cm³/mol. The van der Waals surface area contributed by atoms with Crippen LogP contribution >= 0.6 is 11.3 Å². The molecule has 5 nitrogen and oxygen atoms in total. The van der Waals surface area contributed by atoms with Gasteiger partial charge >= 0.3 is 0 Å². The van der Waals surface area contributed by atoms with E-state index in [4.69, 9.17) is 5.73 Å². The molecule has 2 rings (SSSR count). The van der Waals surface area contributed by atoms with E-state index in [-0.39, 0.29) is 17.7 Å². The smallest absolute Gasteiger partial charge is 0.273 e. The van der Waals surface area contributed by atoms with Crippen LogP contribution in [0.5, 0.6) is 0 Å². The average molecular weight is 267 g/mol. The van der Waals surface area contributed by atoms with E-state index in [9.17, 15) is 9.59 Å². The van der Waals surface area contributed by atoms with Crippen molar-refractivity contribution in [3.63, 3.8) is 0 Å². The highest BCUT2D eigenvalue weighted by molar-refractivity contribution is 7.11. The molecule has 2 heterocycles. The molecule has 1 aromatic rings. The molecule has 0 aliphatic carbocycles. The van der Waals surface area contributed by atoms with Gasteiger partial charge in [-0.15, -0.1) is 11.3 Å². The quantitative estimate of drug-likeness (QED) is 0.871. The molecule has 6 heteroatoms. The molecule has 1 fully saturated rings. The summed E-state index contributed by atoms with van der Waals surface area (Å²) in [5.41, 5.74) is 5.83. The van der Waals surface area contributed by atoms with Gasteiger partial charge in [0, 0.05) is 23.9 Å². The molecule has 18 heavy (non-hydrogen) atoms. The number of amides is 2. The van der Waals surface area contributed by atoms with Crippen molar-refractivity contribution in [2.75, 3.05) is 13.1 Å².